The fourth-order valence-electron chi connectivity index (χ4n) is 2.32. The van der Waals surface area contributed by atoms with Crippen LogP contribution in [-0.4, -0.2) is 56.2 Å². The summed E-state index contributed by atoms with van der Waals surface area (Å²) in [6.45, 7) is 5.19. The number of hydrazine groups is 1. The maximum absolute atomic E-state index is 12.0. The molecule has 0 atom stereocenters. The van der Waals surface area contributed by atoms with Crippen LogP contribution in [-0.2, 0) is 4.79 Å². The third-order valence-electron chi connectivity index (χ3n) is 3.37. The van der Waals surface area contributed by atoms with E-state index in [1.54, 1.807) is 19.0 Å². The summed E-state index contributed by atoms with van der Waals surface area (Å²) in [5, 5.41) is 3.81. The number of hydrogen-bond donors (Lipinski definition) is 0. The van der Waals surface area contributed by atoms with E-state index in [0.29, 0.717) is 0 Å². The minimum absolute atomic E-state index is 0.00838. The van der Waals surface area contributed by atoms with Crippen LogP contribution < -0.4 is 9.75 Å². The maximum Gasteiger partial charge on any atom is 0.238 e. The highest BCUT2D eigenvalue weighted by molar-refractivity contribution is 5.92. The van der Waals surface area contributed by atoms with Crippen molar-refractivity contribution in [3.05, 3.63) is 24.3 Å². The Morgan fingerprint density at radius 1 is 1.21 bits per heavy atom. The van der Waals surface area contributed by atoms with Gasteiger partial charge in [0.1, 0.15) is 11.4 Å². The molecular weight excluding hydrogens is 242 g/mol. The number of likely N-dealkylation sites (N-methyl/N-ethyl adjacent to an activating group) is 1. The lowest BCUT2D eigenvalue weighted by Gasteiger charge is -2.39. The van der Waals surface area contributed by atoms with E-state index in [4.69, 9.17) is 4.74 Å². The molecule has 1 aliphatic heterocycles. The van der Waals surface area contributed by atoms with Crippen molar-refractivity contribution in [1.29, 1.82) is 0 Å². The van der Waals surface area contributed by atoms with Crippen LogP contribution in [0, 0.1) is 0 Å². The van der Waals surface area contributed by atoms with Gasteiger partial charge in [0.2, 0.25) is 5.91 Å². The Hall–Kier alpha value is -1.59. The number of piperazine rings is 1. The number of carbonyl (C=O) groups excluding carboxylic acids is 1. The van der Waals surface area contributed by atoms with Gasteiger partial charge in [-0.15, -0.1) is 0 Å². The summed E-state index contributed by atoms with van der Waals surface area (Å²) in [5.41, 5.74) is 0.807. The summed E-state index contributed by atoms with van der Waals surface area (Å²) < 4.78 is 5.36. The second-order valence-electron chi connectivity index (χ2n) is 4.76. The smallest absolute Gasteiger partial charge is 0.238 e. The lowest BCUT2D eigenvalue weighted by molar-refractivity contribution is -0.120. The standard InChI is InChI=1S/C14H21N3O2/c1-12(18)17(16-10-8-15(2)9-11-16)13-6-4-5-7-14(13)19-3/h4-7H,8-11H2,1-3H3. The number of ether oxygens (including phenoxy) is 1. The average molecular weight is 263 g/mol. The Bertz CT molecular complexity index is 442. The summed E-state index contributed by atoms with van der Waals surface area (Å²) in [4.78, 5) is 14.3. The highest BCUT2D eigenvalue weighted by Gasteiger charge is 2.25. The molecule has 2 rings (SSSR count). The molecule has 5 heteroatoms. The van der Waals surface area contributed by atoms with Gasteiger partial charge in [0.25, 0.3) is 0 Å². The van der Waals surface area contributed by atoms with Crippen molar-refractivity contribution < 1.29 is 9.53 Å². The van der Waals surface area contributed by atoms with Crippen molar-refractivity contribution in [2.24, 2.45) is 0 Å². The monoisotopic (exact) mass is 263 g/mol. The number of nitrogens with zero attached hydrogens (tertiary/aromatic N) is 3. The molecule has 0 unspecified atom stereocenters. The van der Waals surface area contributed by atoms with Crippen LogP contribution in [0.2, 0.25) is 0 Å². The minimum Gasteiger partial charge on any atom is -0.495 e. The van der Waals surface area contributed by atoms with Crippen molar-refractivity contribution in [3.63, 3.8) is 0 Å². The molecule has 1 fully saturated rings. The van der Waals surface area contributed by atoms with Gasteiger partial charge >= 0.3 is 0 Å². The molecule has 104 valence electrons. The zero-order valence-corrected chi connectivity index (χ0v) is 11.8. The Labute approximate surface area is 114 Å². The zero-order chi connectivity index (χ0) is 13.8. The highest BCUT2D eigenvalue weighted by Crippen LogP contribution is 2.29. The van der Waals surface area contributed by atoms with Crippen molar-refractivity contribution in [3.8, 4) is 5.75 Å². The molecule has 0 bridgehead atoms. The second kappa shape index (κ2) is 6.04. The molecule has 0 saturated carbocycles. The Morgan fingerprint density at radius 3 is 2.42 bits per heavy atom. The van der Waals surface area contributed by atoms with Gasteiger partial charge in [-0.1, -0.05) is 12.1 Å². The van der Waals surface area contributed by atoms with Crippen LogP contribution in [0.1, 0.15) is 6.92 Å². The van der Waals surface area contributed by atoms with Crippen LogP contribution in [0.5, 0.6) is 5.75 Å². The quantitative estimate of drug-likeness (QED) is 0.821. The van der Waals surface area contributed by atoms with Crippen LogP contribution in [0.25, 0.3) is 0 Å². The van der Waals surface area contributed by atoms with E-state index in [2.05, 4.69) is 17.0 Å². The minimum atomic E-state index is 0.00838. The Kier molecular flexibility index (Phi) is 4.39. The number of rotatable bonds is 3. The highest BCUT2D eigenvalue weighted by atomic mass is 16.5. The van der Waals surface area contributed by atoms with E-state index in [-0.39, 0.29) is 5.91 Å². The molecule has 1 aliphatic rings. The average Bonchev–Trinajstić information content (AvgIpc) is 2.41. The van der Waals surface area contributed by atoms with Crippen LogP contribution in [0.3, 0.4) is 0 Å². The molecule has 19 heavy (non-hydrogen) atoms. The van der Waals surface area contributed by atoms with Crippen molar-refractivity contribution in [1.82, 2.24) is 9.91 Å². The molecule has 0 aromatic heterocycles. The topological polar surface area (TPSA) is 36.0 Å². The summed E-state index contributed by atoms with van der Waals surface area (Å²) in [6, 6.07) is 7.62. The number of carbonyl (C=O) groups is 1. The lowest BCUT2D eigenvalue weighted by Crippen LogP contribution is -2.54. The van der Waals surface area contributed by atoms with Gasteiger partial charge in [0, 0.05) is 33.1 Å². The van der Waals surface area contributed by atoms with E-state index < -0.39 is 0 Å². The van der Waals surface area contributed by atoms with Gasteiger partial charge in [0.15, 0.2) is 0 Å². The first-order valence-corrected chi connectivity index (χ1v) is 6.50. The molecule has 0 spiro atoms. The van der Waals surface area contributed by atoms with E-state index in [1.165, 1.54) is 0 Å². The van der Waals surface area contributed by atoms with Crippen LogP contribution in [0.4, 0.5) is 5.69 Å². The SMILES string of the molecule is COc1ccccc1N(C(C)=O)N1CCN(C)CC1. The molecule has 1 aromatic carbocycles. The summed E-state index contributed by atoms with van der Waals surface area (Å²) in [5.74, 6) is 0.727. The Balaban J connectivity index is 2.27. The van der Waals surface area contributed by atoms with Gasteiger partial charge in [-0.05, 0) is 19.2 Å². The maximum atomic E-state index is 12.0. The predicted molar refractivity (Wildman–Crippen MR) is 75.2 cm³/mol. The first-order valence-electron chi connectivity index (χ1n) is 6.50. The number of methoxy groups -OCH3 is 1. The molecule has 5 nitrogen and oxygen atoms in total. The van der Waals surface area contributed by atoms with Crippen LogP contribution in [0.15, 0.2) is 24.3 Å². The molecule has 0 N–H and O–H groups in total. The van der Waals surface area contributed by atoms with Crippen molar-refractivity contribution in [2.75, 3.05) is 45.3 Å². The van der Waals surface area contributed by atoms with Gasteiger partial charge < -0.3 is 9.64 Å². The summed E-state index contributed by atoms with van der Waals surface area (Å²) in [7, 11) is 3.72. The number of hydrogen-bond acceptors (Lipinski definition) is 4. The van der Waals surface area contributed by atoms with Gasteiger partial charge in [-0.2, -0.15) is 0 Å². The van der Waals surface area contributed by atoms with Crippen LogP contribution >= 0.6 is 0 Å². The summed E-state index contributed by atoms with van der Waals surface area (Å²) in [6.07, 6.45) is 0. The predicted octanol–water partition coefficient (Wildman–Crippen LogP) is 1.21. The van der Waals surface area contributed by atoms with Gasteiger partial charge in [0.05, 0.1) is 7.11 Å². The number of amides is 1. The lowest BCUT2D eigenvalue weighted by atomic mass is 10.2. The summed E-state index contributed by atoms with van der Waals surface area (Å²) >= 11 is 0. The molecular formula is C14H21N3O2. The van der Waals surface area contributed by atoms with E-state index in [0.717, 1.165) is 37.6 Å². The fourth-order valence-corrected chi connectivity index (χ4v) is 2.32. The number of benzene rings is 1. The third-order valence-corrected chi connectivity index (χ3v) is 3.37. The van der Waals surface area contributed by atoms with Gasteiger partial charge in [-0.25, -0.2) is 10.0 Å². The number of anilines is 1. The normalized spacial score (nSPS) is 17.2. The Morgan fingerprint density at radius 2 is 1.84 bits per heavy atom. The van der Waals surface area contributed by atoms with E-state index in [1.807, 2.05) is 24.3 Å². The number of para-hydroxylation sites is 2. The zero-order valence-electron chi connectivity index (χ0n) is 11.8. The molecule has 0 aliphatic carbocycles. The molecule has 1 heterocycles. The first-order chi connectivity index (χ1) is 9.13. The molecule has 0 radical (unpaired) electrons. The molecule has 1 amide bonds. The second-order valence-corrected chi connectivity index (χ2v) is 4.76. The van der Waals surface area contributed by atoms with Gasteiger partial charge in [-0.3, -0.25) is 4.79 Å². The molecule has 1 aromatic rings. The third kappa shape index (κ3) is 3.05. The fraction of sp³-hybridized carbons (Fsp3) is 0.500. The van der Waals surface area contributed by atoms with Crippen molar-refractivity contribution >= 4 is 11.6 Å². The van der Waals surface area contributed by atoms with Crippen molar-refractivity contribution in [2.45, 2.75) is 6.92 Å². The molecule has 1 saturated heterocycles. The largest absolute Gasteiger partial charge is 0.495 e. The first kappa shape index (κ1) is 13.8. The van der Waals surface area contributed by atoms with E-state index in [9.17, 15) is 4.79 Å². The van der Waals surface area contributed by atoms with E-state index >= 15 is 0 Å².